The van der Waals surface area contributed by atoms with Crippen LogP contribution in [0, 0.1) is 6.92 Å². The number of rotatable bonds is 5. The van der Waals surface area contributed by atoms with Crippen LogP contribution in [0.5, 0.6) is 0 Å². The van der Waals surface area contributed by atoms with Crippen molar-refractivity contribution in [1.29, 1.82) is 0 Å². The first-order valence-corrected chi connectivity index (χ1v) is 8.18. The molecule has 0 unspecified atom stereocenters. The van der Waals surface area contributed by atoms with Gasteiger partial charge in [-0.2, -0.15) is 0 Å². The summed E-state index contributed by atoms with van der Waals surface area (Å²) in [6.07, 6.45) is 4.37. The van der Waals surface area contributed by atoms with Gasteiger partial charge in [0.05, 0.1) is 0 Å². The number of nitrogens with one attached hydrogen (secondary N) is 1. The molecule has 0 saturated carbocycles. The second kappa shape index (κ2) is 7.26. The van der Waals surface area contributed by atoms with Gasteiger partial charge >= 0.3 is 0 Å². The molecule has 1 nitrogen and oxygen atoms in total. The molecule has 0 aliphatic rings. The Bertz CT molecular complexity index is 812. The molecule has 0 aliphatic heterocycles. The summed E-state index contributed by atoms with van der Waals surface area (Å²) in [5, 5.41) is 6.22. The van der Waals surface area contributed by atoms with Gasteiger partial charge in [-0.3, -0.25) is 0 Å². The minimum Gasteiger partial charge on any atom is -0.307 e. The summed E-state index contributed by atoms with van der Waals surface area (Å²) in [5.74, 6) is 0. The van der Waals surface area contributed by atoms with Crippen LogP contribution in [0.3, 0.4) is 0 Å². The third-order valence-electron chi connectivity index (χ3n) is 4.18. The van der Waals surface area contributed by atoms with E-state index in [0.29, 0.717) is 6.04 Å². The minimum atomic E-state index is 0.322. The molecule has 0 spiro atoms. The number of fused-ring (bicyclic) bond motifs is 1. The van der Waals surface area contributed by atoms with Crippen molar-refractivity contribution in [3.63, 3.8) is 0 Å². The Hall–Kier alpha value is -2.38. The predicted octanol–water partition coefficient (Wildman–Crippen LogP) is 5.51. The lowest BCUT2D eigenvalue weighted by Crippen LogP contribution is -2.18. The highest BCUT2D eigenvalue weighted by Gasteiger charge is 2.07. The van der Waals surface area contributed by atoms with Crippen LogP contribution in [-0.2, 0) is 0 Å². The van der Waals surface area contributed by atoms with Gasteiger partial charge in [0.2, 0.25) is 0 Å². The highest BCUT2D eigenvalue weighted by molar-refractivity contribution is 5.86. The summed E-state index contributed by atoms with van der Waals surface area (Å²) in [7, 11) is 0. The molecule has 3 aromatic carbocycles. The van der Waals surface area contributed by atoms with Crippen molar-refractivity contribution in [3.05, 3.63) is 89.5 Å². The molecule has 0 radical (unpaired) electrons. The molecule has 1 heteroatoms. The maximum Gasteiger partial charge on any atom is 0.0300 e. The topological polar surface area (TPSA) is 12.0 Å². The molecule has 23 heavy (non-hydrogen) atoms. The van der Waals surface area contributed by atoms with Crippen molar-refractivity contribution in [3.8, 4) is 0 Å². The molecule has 3 rings (SSSR count). The third kappa shape index (κ3) is 3.88. The second-order valence-electron chi connectivity index (χ2n) is 6.01. The molecule has 0 bridgehead atoms. The Balaban J connectivity index is 1.66. The van der Waals surface area contributed by atoms with Crippen molar-refractivity contribution in [2.45, 2.75) is 19.9 Å². The van der Waals surface area contributed by atoms with Crippen LogP contribution in [0.15, 0.2) is 72.8 Å². The van der Waals surface area contributed by atoms with Crippen molar-refractivity contribution >= 4 is 16.8 Å². The van der Waals surface area contributed by atoms with Crippen LogP contribution in [0.1, 0.15) is 29.7 Å². The summed E-state index contributed by atoms with van der Waals surface area (Å²) in [5.41, 5.74) is 3.90. The van der Waals surface area contributed by atoms with Crippen LogP contribution in [0.4, 0.5) is 0 Å². The first-order valence-electron chi connectivity index (χ1n) is 8.18. The molecule has 1 N–H and O–H groups in total. The molecular formula is C22H23N. The van der Waals surface area contributed by atoms with E-state index < -0.39 is 0 Å². The average molecular weight is 301 g/mol. The highest BCUT2D eigenvalue weighted by atomic mass is 14.9. The molecule has 0 heterocycles. The van der Waals surface area contributed by atoms with E-state index in [1.54, 1.807) is 0 Å². The van der Waals surface area contributed by atoms with Crippen molar-refractivity contribution in [1.82, 2.24) is 5.32 Å². The van der Waals surface area contributed by atoms with E-state index in [2.05, 4.69) is 98.0 Å². The fraction of sp³-hybridized carbons (Fsp3) is 0.182. The van der Waals surface area contributed by atoms with E-state index in [1.165, 1.54) is 27.5 Å². The lowest BCUT2D eigenvalue weighted by atomic mass is 10.00. The van der Waals surface area contributed by atoms with E-state index >= 15 is 0 Å². The number of aryl methyl sites for hydroxylation is 1. The summed E-state index contributed by atoms with van der Waals surface area (Å²) in [6, 6.07) is 24.0. The SMILES string of the molecule is Cc1cccc(/C=C/CN[C@H](C)c2cccc3ccccc23)c1. The zero-order chi connectivity index (χ0) is 16.1. The first-order chi connectivity index (χ1) is 11.2. The van der Waals surface area contributed by atoms with Crippen LogP contribution in [0.2, 0.25) is 0 Å². The lowest BCUT2D eigenvalue weighted by Gasteiger charge is -2.15. The van der Waals surface area contributed by atoms with Gasteiger partial charge in [-0.05, 0) is 35.7 Å². The minimum absolute atomic E-state index is 0.322. The van der Waals surface area contributed by atoms with E-state index in [-0.39, 0.29) is 0 Å². The highest BCUT2D eigenvalue weighted by Crippen LogP contribution is 2.23. The third-order valence-corrected chi connectivity index (χ3v) is 4.18. The smallest absolute Gasteiger partial charge is 0.0300 e. The molecule has 0 saturated heterocycles. The molecular weight excluding hydrogens is 278 g/mol. The maximum absolute atomic E-state index is 3.59. The van der Waals surface area contributed by atoms with Gasteiger partial charge in [-0.15, -0.1) is 0 Å². The van der Waals surface area contributed by atoms with Gasteiger partial charge in [0.25, 0.3) is 0 Å². The molecule has 3 aromatic rings. The van der Waals surface area contributed by atoms with E-state index in [0.717, 1.165) is 6.54 Å². The van der Waals surface area contributed by atoms with E-state index in [1.807, 2.05) is 0 Å². The van der Waals surface area contributed by atoms with Crippen LogP contribution in [0.25, 0.3) is 16.8 Å². The van der Waals surface area contributed by atoms with Crippen molar-refractivity contribution in [2.75, 3.05) is 6.54 Å². The number of hydrogen-bond acceptors (Lipinski definition) is 1. The normalized spacial score (nSPS) is 12.8. The first kappa shape index (κ1) is 15.5. The van der Waals surface area contributed by atoms with Crippen molar-refractivity contribution in [2.24, 2.45) is 0 Å². The molecule has 0 fully saturated rings. The molecule has 0 aliphatic carbocycles. The standard InChI is InChI=1S/C22H23N/c1-17-8-5-9-19(16-17)10-7-15-23-18(2)21-14-6-12-20-11-3-4-13-22(20)21/h3-14,16,18,23H,15H2,1-2H3/b10-7+/t18-/m1/s1. The molecule has 1 atom stereocenters. The van der Waals surface area contributed by atoms with Gasteiger partial charge in [0.15, 0.2) is 0 Å². The summed E-state index contributed by atoms with van der Waals surface area (Å²) >= 11 is 0. The van der Waals surface area contributed by atoms with Crippen molar-refractivity contribution < 1.29 is 0 Å². The molecule has 0 aromatic heterocycles. The van der Waals surface area contributed by atoms with Crippen LogP contribution in [-0.4, -0.2) is 6.54 Å². The number of benzene rings is 3. The largest absolute Gasteiger partial charge is 0.307 e. The van der Waals surface area contributed by atoms with Gasteiger partial charge in [0.1, 0.15) is 0 Å². The van der Waals surface area contributed by atoms with E-state index in [4.69, 9.17) is 0 Å². The zero-order valence-electron chi connectivity index (χ0n) is 13.8. The van der Waals surface area contributed by atoms with Gasteiger partial charge < -0.3 is 5.32 Å². The molecule has 0 amide bonds. The fourth-order valence-electron chi connectivity index (χ4n) is 2.95. The van der Waals surface area contributed by atoms with Gasteiger partial charge in [-0.25, -0.2) is 0 Å². The second-order valence-corrected chi connectivity index (χ2v) is 6.01. The fourth-order valence-corrected chi connectivity index (χ4v) is 2.95. The maximum atomic E-state index is 3.59. The Morgan fingerprint density at radius 1 is 0.957 bits per heavy atom. The predicted molar refractivity (Wildman–Crippen MR) is 101 cm³/mol. The average Bonchev–Trinajstić information content (AvgIpc) is 2.58. The van der Waals surface area contributed by atoms with Gasteiger partial charge in [-0.1, -0.05) is 84.4 Å². The Kier molecular flexibility index (Phi) is 4.89. The van der Waals surface area contributed by atoms with Crippen LogP contribution >= 0.6 is 0 Å². The summed E-state index contributed by atoms with van der Waals surface area (Å²) in [4.78, 5) is 0. The Labute approximate surface area is 138 Å². The lowest BCUT2D eigenvalue weighted by molar-refractivity contribution is 0.622. The number of hydrogen-bond donors (Lipinski definition) is 1. The zero-order valence-corrected chi connectivity index (χ0v) is 13.8. The Morgan fingerprint density at radius 2 is 1.74 bits per heavy atom. The van der Waals surface area contributed by atoms with Crippen LogP contribution < -0.4 is 5.32 Å². The summed E-state index contributed by atoms with van der Waals surface area (Å²) in [6.45, 7) is 5.21. The summed E-state index contributed by atoms with van der Waals surface area (Å²) < 4.78 is 0. The molecule has 116 valence electrons. The van der Waals surface area contributed by atoms with E-state index in [9.17, 15) is 0 Å². The Morgan fingerprint density at radius 3 is 2.61 bits per heavy atom. The quantitative estimate of drug-likeness (QED) is 0.655. The van der Waals surface area contributed by atoms with Gasteiger partial charge in [0, 0.05) is 12.6 Å². The monoisotopic (exact) mass is 301 g/mol.